The minimum absolute atomic E-state index is 0.300. The Hall–Kier alpha value is -3.37. The van der Waals surface area contributed by atoms with Crippen molar-refractivity contribution in [3.8, 4) is 17.0 Å². The van der Waals surface area contributed by atoms with Crippen LogP contribution in [0.15, 0.2) is 30.5 Å². The molecule has 4 aromatic rings. The summed E-state index contributed by atoms with van der Waals surface area (Å²) in [5, 5.41) is 15.5. The van der Waals surface area contributed by atoms with Gasteiger partial charge in [-0.1, -0.05) is 18.2 Å². The number of methoxy groups -OCH3 is 1. The van der Waals surface area contributed by atoms with Crippen LogP contribution in [-0.2, 0) is 6.54 Å². The van der Waals surface area contributed by atoms with Gasteiger partial charge in [-0.25, -0.2) is 9.20 Å². The lowest BCUT2D eigenvalue weighted by molar-refractivity contribution is -0.142. The smallest absolute Gasteiger partial charge is 0.408 e. The first-order chi connectivity index (χ1) is 15.8. The summed E-state index contributed by atoms with van der Waals surface area (Å²) < 4.78 is 46.9. The van der Waals surface area contributed by atoms with Crippen LogP contribution in [0.1, 0.15) is 32.6 Å². The van der Waals surface area contributed by atoms with E-state index < -0.39 is 12.7 Å². The lowest BCUT2D eigenvalue weighted by atomic mass is 9.87. The van der Waals surface area contributed by atoms with Crippen LogP contribution < -0.4 is 10.1 Å². The third-order valence-corrected chi connectivity index (χ3v) is 6.18. The van der Waals surface area contributed by atoms with E-state index in [0.717, 1.165) is 29.0 Å². The van der Waals surface area contributed by atoms with Gasteiger partial charge in [0.15, 0.2) is 0 Å². The molecule has 0 radical (unpaired) electrons. The van der Waals surface area contributed by atoms with E-state index in [4.69, 9.17) is 4.74 Å². The molecule has 1 saturated carbocycles. The molecule has 3 heterocycles. The maximum atomic E-state index is 12.9. The number of ether oxygens (including phenoxy) is 1. The van der Waals surface area contributed by atoms with E-state index >= 15 is 0 Å². The van der Waals surface area contributed by atoms with Crippen LogP contribution in [0.25, 0.3) is 27.7 Å². The fourth-order valence-corrected chi connectivity index (χ4v) is 4.43. The van der Waals surface area contributed by atoms with Crippen LogP contribution in [0.5, 0.6) is 5.88 Å². The molecule has 0 amide bonds. The molecule has 1 aliphatic carbocycles. The van der Waals surface area contributed by atoms with Crippen molar-refractivity contribution < 1.29 is 17.9 Å². The Kier molecular flexibility index (Phi) is 5.34. The van der Waals surface area contributed by atoms with E-state index in [1.165, 1.54) is 20.0 Å². The Morgan fingerprint density at radius 1 is 1.15 bits per heavy atom. The molecule has 1 aliphatic rings. The van der Waals surface area contributed by atoms with Crippen LogP contribution in [0, 0.1) is 5.92 Å². The second-order valence-electron chi connectivity index (χ2n) is 8.63. The maximum Gasteiger partial charge on any atom is 0.408 e. The summed E-state index contributed by atoms with van der Waals surface area (Å²) in [6.45, 7) is 1.07. The lowest BCUT2D eigenvalue weighted by Crippen LogP contribution is -2.26. The van der Waals surface area contributed by atoms with Gasteiger partial charge < -0.3 is 10.1 Å². The monoisotopic (exact) mass is 459 g/mol. The molecule has 1 aromatic carbocycles. The second-order valence-corrected chi connectivity index (χ2v) is 8.63. The topological polar surface area (TPSA) is 82.2 Å². The Morgan fingerprint density at radius 3 is 2.67 bits per heavy atom. The molecule has 0 aliphatic heterocycles. The molecule has 5 rings (SSSR count). The van der Waals surface area contributed by atoms with Gasteiger partial charge in [0, 0.05) is 17.8 Å². The summed E-state index contributed by atoms with van der Waals surface area (Å²) in [4.78, 5) is 4.57. The highest BCUT2D eigenvalue weighted by Gasteiger charge is 2.29. The third kappa shape index (κ3) is 4.31. The number of fused-ring (bicyclic) bond motifs is 2. The molecule has 0 unspecified atom stereocenters. The standard InChI is InChI=1S/C22H24F3N7O/c1-13-3-6-15(7-4-13)26-21-27-20(33-2)19-16(9-10-31(19)29-21)14-5-8-17-18(11-14)32(30-28-17)12-22(23,24)25/h5,8-11,13,15H,3-4,6-7,12H2,1-2H3,(H,26,29). The molecule has 0 saturated heterocycles. The number of hydrogen-bond acceptors (Lipinski definition) is 6. The first-order valence-corrected chi connectivity index (χ1v) is 10.9. The zero-order chi connectivity index (χ0) is 23.2. The fraction of sp³-hybridized carbons (Fsp3) is 0.455. The zero-order valence-corrected chi connectivity index (χ0v) is 18.3. The first kappa shape index (κ1) is 21.5. The van der Waals surface area contributed by atoms with E-state index in [9.17, 15) is 13.2 Å². The normalized spacial score (nSPS) is 19.3. The Balaban J connectivity index is 1.51. The molecule has 8 nitrogen and oxygen atoms in total. The van der Waals surface area contributed by atoms with E-state index in [-0.39, 0.29) is 0 Å². The highest BCUT2D eigenvalue weighted by atomic mass is 19.4. The van der Waals surface area contributed by atoms with Gasteiger partial charge in [-0.05, 0) is 55.4 Å². The molecule has 0 atom stereocenters. The number of rotatable bonds is 5. The van der Waals surface area contributed by atoms with Gasteiger partial charge >= 0.3 is 6.18 Å². The molecule has 0 spiro atoms. The van der Waals surface area contributed by atoms with Gasteiger partial charge in [0.05, 0.1) is 12.6 Å². The SMILES string of the molecule is COc1nc(NC2CCC(C)CC2)nn2ccc(-c3ccc4nnn(CC(F)(F)F)c4c3)c12. The van der Waals surface area contributed by atoms with E-state index in [0.29, 0.717) is 40.0 Å². The first-order valence-electron chi connectivity index (χ1n) is 10.9. The van der Waals surface area contributed by atoms with E-state index in [1.807, 2.05) is 6.07 Å². The van der Waals surface area contributed by atoms with Gasteiger partial charge in [0.2, 0.25) is 11.8 Å². The molecular weight excluding hydrogens is 435 g/mol. The molecule has 11 heteroatoms. The van der Waals surface area contributed by atoms with Crippen LogP contribution in [0.2, 0.25) is 0 Å². The highest BCUT2D eigenvalue weighted by molar-refractivity contribution is 5.89. The molecule has 0 bridgehead atoms. The second kappa shape index (κ2) is 8.20. The minimum Gasteiger partial charge on any atom is -0.479 e. The van der Waals surface area contributed by atoms with E-state index in [1.54, 1.807) is 28.9 Å². The van der Waals surface area contributed by atoms with Crippen LogP contribution in [0.3, 0.4) is 0 Å². The number of alkyl halides is 3. The Bertz CT molecular complexity index is 1290. The van der Waals surface area contributed by atoms with Crippen molar-refractivity contribution >= 4 is 22.5 Å². The highest BCUT2D eigenvalue weighted by Crippen LogP contribution is 2.34. The molecule has 1 N–H and O–H groups in total. The van der Waals surface area contributed by atoms with Crippen molar-refractivity contribution in [1.82, 2.24) is 29.6 Å². The summed E-state index contributed by atoms with van der Waals surface area (Å²) in [5.74, 6) is 1.62. The summed E-state index contributed by atoms with van der Waals surface area (Å²) >= 11 is 0. The Morgan fingerprint density at radius 2 is 1.94 bits per heavy atom. The van der Waals surface area contributed by atoms with Gasteiger partial charge in [0.1, 0.15) is 17.6 Å². The molecule has 3 aromatic heterocycles. The number of nitrogens with one attached hydrogen (secondary N) is 1. The third-order valence-electron chi connectivity index (χ3n) is 6.18. The van der Waals surface area contributed by atoms with Crippen molar-refractivity contribution in [2.45, 2.75) is 51.4 Å². The minimum atomic E-state index is -4.39. The van der Waals surface area contributed by atoms with Gasteiger partial charge in [-0.3, -0.25) is 0 Å². The lowest BCUT2D eigenvalue weighted by Gasteiger charge is -2.26. The summed E-state index contributed by atoms with van der Waals surface area (Å²) in [6, 6.07) is 7.26. The van der Waals surface area contributed by atoms with Crippen LogP contribution in [0.4, 0.5) is 19.1 Å². The molecular formula is C22H24F3N7O. The average Bonchev–Trinajstić information content (AvgIpc) is 3.37. The van der Waals surface area contributed by atoms with Crippen molar-refractivity contribution in [2.75, 3.05) is 12.4 Å². The van der Waals surface area contributed by atoms with Gasteiger partial charge in [-0.2, -0.15) is 18.2 Å². The Labute approximate surface area is 187 Å². The quantitative estimate of drug-likeness (QED) is 0.466. The number of hydrogen-bond donors (Lipinski definition) is 1. The zero-order valence-electron chi connectivity index (χ0n) is 18.3. The molecule has 33 heavy (non-hydrogen) atoms. The summed E-state index contributed by atoms with van der Waals surface area (Å²) in [7, 11) is 1.54. The maximum absolute atomic E-state index is 12.9. The fourth-order valence-electron chi connectivity index (χ4n) is 4.43. The number of benzene rings is 1. The van der Waals surface area contributed by atoms with Crippen LogP contribution >= 0.6 is 0 Å². The molecule has 1 fully saturated rings. The van der Waals surface area contributed by atoms with E-state index in [2.05, 4.69) is 32.6 Å². The average molecular weight is 459 g/mol. The van der Waals surface area contributed by atoms with Gasteiger partial charge in [0.25, 0.3) is 0 Å². The van der Waals surface area contributed by atoms with Crippen molar-refractivity contribution in [1.29, 1.82) is 0 Å². The van der Waals surface area contributed by atoms with Crippen molar-refractivity contribution in [3.05, 3.63) is 30.5 Å². The van der Waals surface area contributed by atoms with Crippen LogP contribution in [-0.4, -0.2) is 48.9 Å². The summed E-state index contributed by atoms with van der Waals surface area (Å²) in [5.41, 5.74) is 2.76. The van der Waals surface area contributed by atoms with Gasteiger partial charge in [-0.15, -0.1) is 10.2 Å². The number of anilines is 1. The predicted octanol–water partition coefficient (Wildman–Crippen LogP) is 4.70. The summed E-state index contributed by atoms with van der Waals surface area (Å²) in [6.07, 6.45) is 1.89. The number of aromatic nitrogens is 6. The number of nitrogens with zero attached hydrogens (tertiary/aromatic N) is 6. The number of halogens is 3. The van der Waals surface area contributed by atoms with Crippen molar-refractivity contribution in [2.24, 2.45) is 5.92 Å². The van der Waals surface area contributed by atoms with Crippen molar-refractivity contribution in [3.63, 3.8) is 0 Å². The predicted molar refractivity (Wildman–Crippen MR) is 117 cm³/mol. The molecule has 174 valence electrons. The largest absolute Gasteiger partial charge is 0.479 e.